The van der Waals surface area contributed by atoms with E-state index < -0.39 is 17.4 Å². The van der Waals surface area contributed by atoms with Gasteiger partial charge in [-0.05, 0) is 30.3 Å². The van der Waals surface area contributed by atoms with Crippen LogP contribution in [-0.4, -0.2) is 16.2 Å². The van der Waals surface area contributed by atoms with E-state index in [1.165, 1.54) is 36.4 Å². The van der Waals surface area contributed by atoms with Crippen LogP contribution in [-0.2, 0) is 10.3 Å². The highest BCUT2D eigenvalue weighted by atomic mass is 19.1. The van der Waals surface area contributed by atoms with Crippen molar-refractivity contribution in [1.29, 1.82) is 0 Å². The monoisotopic (exact) mass is 350 g/mol. The molecule has 0 radical (unpaired) electrons. The van der Waals surface area contributed by atoms with Crippen LogP contribution < -0.4 is 4.74 Å². The number of fused-ring (bicyclic) bond motifs is 6. The van der Waals surface area contributed by atoms with Gasteiger partial charge in [0.25, 0.3) is 0 Å². The predicted octanol–water partition coefficient (Wildman–Crippen LogP) is 3.80. The summed E-state index contributed by atoms with van der Waals surface area (Å²) >= 11 is 0. The normalized spacial score (nSPS) is 15.7. The lowest BCUT2D eigenvalue weighted by atomic mass is 9.77. The lowest BCUT2D eigenvalue weighted by molar-refractivity contribution is 0.0222. The van der Waals surface area contributed by atoms with Crippen LogP contribution in [0.4, 0.5) is 4.39 Å². The molecule has 2 aliphatic heterocycles. The summed E-state index contributed by atoms with van der Waals surface area (Å²) in [5.74, 6) is -1.01. The molecule has 3 aromatic carbocycles. The van der Waals surface area contributed by atoms with Crippen molar-refractivity contribution in [2.45, 2.75) is 5.60 Å². The van der Waals surface area contributed by atoms with Crippen molar-refractivity contribution in [1.82, 2.24) is 0 Å². The minimum absolute atomic E-state index is 0.0358. The number of carbonyl (C=O) groups excluding carboxylic acids is 1. The number of rotatable bonds is 0. The van der Waals surface area contributed by atoms with Gasteiger partial charge >= 0.3 is 5.97 Å². The smallest absolute Gasteiger partial charge is 0.343 e. The number of hydrogen-bond donors (Lipinski definition) is 2. The van der Waals surface area contributed by atoms with Crippen LogP contribution in [0.3, 0.4) is 0 Å². The maximum Gasteiger partial charge on any atom is 0.343 e. The summed E-state index contributed by atoms with van der Waals surface area (Å²) in [5.41, 5.74) is -0.270. The molecule has 0 amide bonds. The van der Waals surface area contributed by atoms with E-state index in [9.17, 15) is 19.4 Å². The molecule has 2 aliphatic rings. The Kier molecular flexibility index (Phi) is 2.70. The van der Waals surface area contributed by atoms with Crippen molar-refractivity contribution >= 4 is 5.97 Å². The van der Waals surface area contributed by atoms with Gasteiger partial charge in [0, 0.05) is 28.8 Å². The van der Waals surface area contributed by atoms with Crippen LogP contribution in [0.15, 0.2) is 54.6 Å². The third-order valence-corrected chi connectivity index (χ3v) is 4.75. The van der Waals surface area contributed by atoms with E-state index in [-0.39, 0.29) is 28.6 Å². The Morgan fingerprint density at radius 3 is 2.08 bits per heavy atom. The standard InChI is InChI=1S/C20H11FO5/c21-15-3-1-2-14-18(15)19(24)26-20(14)12-6-4-10(22)8-16(12)25-17-9-11(23)5-7-13(17)20/h1-9,22-23H. The quantitative estimate of drug-likeness (QED) is 0.603. The lowest BCUT2D eigenvalue weighted by Gasteiger charge is -2.36. The van der Waals surface area contributed by atoms with Gasteiger partial charge in [-0.3, -0.25) is 0 Å². The van der Waals surface area contributed by atoms with E-state index in [4.69, 9.17) is 9.47 Å². The van der Waals surface area contributed by atoms with Gasteiger partial charge in [0.05, 0.1) is 0 Å². The summed E-state index contributed by atoms with van der Waals surface area (Å²) in [7, 11) is 0. The van der Waals surface area contributed by atoms with Gasteiger partial charge in [-0.25, -0.2) is 9.18 Å². The topological polar surface area (TPSA) is 76.0 Å². The highest BCUT2D eigenvalue weighted by Crippen LogP contribution is 2.57. The number of aromatic hydroxyl groups is 2. The summed E-state index contributed by atoms with van der Waals surface area (Å²) < 4.78 is 25.9. The molecule has 26 heavy (non-hydrogen) atoms. The first kappa shape index (κ1) is 14.8. The lowest BCUT2D eigenvalue weighted by Crippen LogP contribution is -2.32. The van der Waals surface area contributed by atoms with Crippen molar-refractivity contribution in [2.24, 2.45) is 0 Å². The molecule has 0 saturated heterocycles. The molecule has 0 unspecified atom stereocenters. The summed E-state index contributed by atoms with van der Waals surface area (Å²) in [6, 6.07) is 13.1. The van der Waals surface area contributed by atoms with E-state index in [1.807, 2.05) is 0 Å². The van der Waals surface area contributed by atoms with Crippen molar-refractivity contribution in [3.8, 4) is 23.0 Å². The van der Waals surface area contributed by atoms with Gasteiger partial charge in [0.1, 0.15) is 34.4 Å². The Morgan fingerprint density at radius 2 is 1.46 bits per heavy atom. The molecule has 5 rings (SSSR count). The minimum atomic E-state index is -1.42. The first-order valence-electron chi connectivity index (χ1n) is 7.88. The van der Waals surface area contributed by atoms with Crippen LogP contribution in [0, 0.1) is 5.82 Å². The SMILES string of the molecule is O=C1OC2(c3ccc(O)cc3Oc3cc(O)ccc32)c2cccc(F)c21. The second kappa shape index (κ2) is 4.76. The number of carbonyl (C=O) groups is 1. The zero-order valence-corrected chi connectivity index (χ0v) is 13.2. The Morgan fingerprint density at radius 1 is 0.846 bits per heavy atom. The summed E-state index contributed by atoms with van der Waals surface area (Å²) in [6.07, 6.45) is 0. The third-order valence-electron chi connectivity index (χ3n) is 4.75. The Balaban J connectivity index is 1.92. The van der Waals surface area contributed by atoms with Crippen LogP contribution in [0.2, 0.25) is 0 Å². The largest absolute Gasteiger partial charge is 0.508 e. The first-order valence-corrected chi connectivity index (χ1v) is 7.88. The zero-order chi connectivity index (χ0) is 18.1. The van der Waals surface area contributed by atoms with E-state index in [0.717, 1.165) is 0 Å². The second-order valence-corrected chi connectivity index (χ2v) is 6.20. The number of esters is 1. The molecular formula is C20H11FO5. The molecule has 2 heterocycles. The van der Waals surface area contributed by atoms with Crippen molar-refractivity contribution in [3.63, 3.8) is 0 Å². The molecular weight excluding hydrogens is 339 g/mol. The second-order valence-electron chi connectivity index (χ2n) is 6.20. The third kappa shape index (κ3) is 1.70. The van der Waals surface area contributed by atoms with E-state index in [0.29, 0.717) is 16.7 Å². The highest BCUT2D eigenvalue weighted by molar-refractivity contribution is 5.97. The van der Waals surface area contributed by atoms with Crippen molar-refractivity contribution < 1.29 is 28.9 Å². The van der Waals surface area contributed by atoms with Gasteiger partial charge < -0.3 is 19.7 Å². The Hall–Kier alpha value is -3.54. The average molecular weight is 350 g/mol. The molecule has 0 fully saturated rings. The van der Waals surface area contributed by atoms with E-state index >= 15 is 0 Å². The van der Waals surface area contributed by atoms with Gasteiger partial charge in [-0.2, -0.15) is 0 Å². The van der Waals surface area contributed by atoms with Crippen LogP contribution >= 0.6 is 0 Å². The van der Waals surface area contributed by atoms with Gasteiger partial charge in [-0.15, -0.1) is 0 Å². The number of ether oxygens (including phenoxy) is 2. The maximum atomic E-state index is 14.3. The van der Waals surface area contributed by atoms with Crippen molar-refractivity contribution in [3.05, 3.63) is 82.7 Å². The molecule has 0 aliphatic carbocycles. The molecule has 1 spiro atoms. The number of hydrogen-bond acceptors (Lipinski definition) is 5. The van der Waals surface area contributed by atoms with Gasteiger partial charge in [0.15, 0.2) is 5.60 Å². The molecule has 0 bridgehead atoms. The highest BCUT2D eigenvalue weighted by Gasteiger charge is 2.54. The average Bonchev–Trinajstić information content (AvgIpc) is 2.89. The van der Waals surface area contributed by atoms with E-state index in [1.54, 1.807) is 18.2 Å². The fourth-order valence-corrected chi connectivity index (χ4v) is 3.71. The predicted molar refractivity (Wildman–Crippen MR) is 88.0 cm³/mol. The van der Waals surface area contributed by atoms with Crippen LogP contribution in [0.5, 0.6) is 23.0 Å². The number of phenolic OH excluding ortho intramolecular Hbond substituents is 2. The van der Waals surface area contributed by atoms with Gasteiger partial charge in [0.2, 0.25) is 0 Å². The Labute approximate surface area is 146 Å². The molecule has 5 nitrogen and oxygen atoms in total. The molecule has 0 saturated carbocycles. The summed E-state index contributed by atoms with van der Waals surface area (Å²) in [6.45, 7) is 0. The fraction of sp³-hybridized carbons (Fsp3) is 0.0500. The Bertz CT molecular complexity index is 1050. The van der Waals surface area contributed by atoms with E-state index in [2.05, 4.69) is 0 Å². The maximum absolute atomic E-state index is 14.3. The number of phenols is 2. The summed E-state index contributed by atoms with van der Waals surface area (Å²) in [4.78, 5) is 12.5. The van der Waals surface area contributed by atoms with Crippen LogP contribution in [0.25, 0.3) is 0 Å². The van der Waals surface area contributed by atoms with Crippen molar-refractivity contribution in [2.75, 3.05) is 0 Å². The molecule has 3 aromatic rings. The molecule has 0 atom stereocenters. The number of halogens is 1. The zero-order valence-electron chi connectivity index (χ0n) is 13.2. The van der Waals surface area contributed by atoms with Gasteiger partial charge in [-0.1, -0.05) is 12.1 Å². The number of benzene rings is 3. The molecule has 128 valence electrons. The summed E-state index contributed by atoms with van der Waals surface area (Å²) in [5, 5.41) is 19.6. The molecule has 2 N–H and O–H groups in total. The molecule has 0 aromatic heterocycles. The van der Waals surface area contributed by atoms with Crippen LogP contribution in [0.1, 0.15) is 27.0 Å². The fourth-order valence-electron chi connectivity index (χ4n) is 3.71. The minimum Gasteiger partial charge on any atom is -0.508 e. The first-order chi connectivity index (χ1) is 12.5. The molecule has 6 heteroatoms.